The van der Waals surface area contributed by atoms with Gasteiger partial charge < -0.3 is 0 Å². The van der Waals surface area contributed by atoms with Gasteiger partial charge in [-0.15, -0.1) is 11.3 Å². The third-order valence-corrected chi connectivity index (χ3v) is 5.07. The molecule has 8 heteroatoms. The molecule has 0 aliphatic carbocycles. The number of hydrogen-bond donors (Lipinski definition) is 0. The first-order valence-electron chi connectivity index (χ1n) is 3.51. The topological polar surface area (TPSA) is 0 Å². The Morgan fingerprint density at radius 1 is 1.27 bits per heavy atom. The molecule has 0 aliphatic rings. The zero-order valence-electron chi connectivity index (χ0n) is 6.79. The Bertz CT molecular complexity index is 352. The van der Waals surface area contributed by atoms with Crippen molar-refractivity contribution in [1.82, 2.24) is 0 Å². The van der Waals surface area contributed by atoms with E-state index in [0.717, 1.165) is 11.3 Å². The van der Waals surface area contributed by atoms with Gasteiger partial charge in [0.25, 0.3) is 0 Å². The number of hydrogen-bond acceptors (Lipinski definition) is 1. The van der Waals surface area contributed by atoms with Gasteiger partial charge >= 0.3 is 12.3 Å². The van der Waals surface area contributed by atoms with E-state index in [0.29, 0.717) is 7.57 Å². The fourth-order valence-electron chi connectivity index (χ4n) is 0.844. The van der Waals surface area contributed by atoms with Crippen LogP contribution >= 0.6 is 59.1 Å². The first-order chi connectivity index (χ1) is 6.76. The average Bonchev–Trinajstić information content (AvgIpc) is 2.43. The first kappa shape index (κ1) is 13.9. The molecule has 1 unspecified atom stereocenters. The standard InChI is InChI=1S/C7H3Br3F4S/c8-3-1-2(5(10)15-3)4(9)7(13,14)6(11)12/h1,4,6H. The maximum atomic E-state index is 13.0. The van der Waals surface area contributed by atoms with E-state index in [1.54, 1.807) is 0 Å². The van der Waals surface area contributed by atoms with Crippen LogP contribution < -0.4 is 0 Å². The number of alkyl halides is 5. The SMILES string of the molecule is FC(F)C(F)(F)C(Br)c1cc(Br)sc1Br. The molecule has 15 heavy (non-hydrogen) atoms. The molecule has 0 amide bonds. The van der Waals surface area contributed by atoms with E-state index in [1.807, 2.05) is 0 Å². The molecule has 0 aromatic carbocycles. The Labute approximate surface area is 112 Å². The molecule has 0 aliphatic heterocycles. The molecule has 0 fully saturated rings. The van der Waals surface area contributed by atoms with Crippen LogP contribution in [0.1, 0.15) is 10.4 Å². The highest BCUT2D eigenvalue weighted by molar-refractivity contribution is 9.12. The summed E-state index contributed by atoms with van der Waals surface area (Å²) in [5, 5.41) is 0. The number of thiophene rings is 1. The summed E-state index contributed by atoms with van der Waals surface area (Å²) < 4.78 is 51.1. The van der Waals surface area contributed by atoms with Gasteiger partial charge in [0.05, 0.1) is 7.57 Å². The molecule has 1 heterocycles. The summed E-state index contributed by atoms with van der Waals surface area (Å²) in [5.74, 6) is -4.09. The second-order valence-electron chi connectivity index (χ2n) is 2.62. The van der Waals surface area contributed by atoms with Crippen molar-refractivity contribution < 1.29 is 17.6 Å². The van der Waals surface area contributed by atoms with Crippen molar-refractivity contribution in [2.75, 3.05) is 0 Å². The van der Waals surface area contributed by atoms with Crippen molar-refractivity contribution in [2.24, 2.45) is 0 Å². The van der Waals surface area contributed by atoms with Crippen molar-refractivity contribution >= 4 is 59.1 Å². The smallest absolute Gasteiger partial charge is 0.204 e. The summed E-state index contributed by atoms with van der Waals surface area (Å²) >= 11 is 9.88. The van der Waals surface area contributed by atoms with Gasteiger partial charge in [-0.3, -0.25) is 0 Å². The monoisotopic (exact) mass is 432 g/mol. The van der Waals surface area contributed by atoms with Gasteiger partial charge in [-0.2, -0.15) is 8.78 Å². The zero-order chi connectivity index (χ0) is 11.8. The Morgan fingerprint density at radius 2 is 1.80 bits per heavy atom. The molecule has 0 bridgehead atoms. The van der Waals surface area contributed by atoms with Crippen LogP contribution in [0.4, 0.5) is 17.6 Å². The third kappa shape index (κ3) is 2.95. The van der Waals surface area contributed by atoms with Gasteiger partial charge in [-0.05, 0) is 43.5 Å². The van der Waals surface area contributed by atoms with Crippen LogP contribution in [0.2, 0.25) is 0 Å². The van der Waals surface area contributed by atoms with Crippen LogP contribution in [0.15, 0.2) is 13.6 Å². The second-order valence-corrected chi connectivity index (χ2v) is 7.28. The van der Waals surface area contributed by atoms with Crippen LogP contribution in [0, 0.1) is 0 Å². The molecular weight excluding hydrogens is 432 g/mol. The van der Waals surface area contributed by atoms with E-state index in [1.165, 1.54) is 6.07 Å². The van der Waals surface area contributed by atoms with Gasteiger partial charge in [0, 0.05) is 0 Å². The molecule has 0 spiro atoms. The van der Waals surface area contributed by atoms with E-state index in [2.05, 4.69) is 47.8 Å². The molecular formula is C7H3Br3F4S. The lowest BCUT2D eigenvalue weighted by atomic mass is 10.1. The summed E-state index contributed by atoms with van der Waals surface area (Å²) in [7, 11) is 0. The minimum atomic E-state index is -4.09. The highest BCUT2D eigenvalue weighted by Crippen LogP contribution is 2.47. The molecule has 1 aromatic rings. The van der Waals surface area contributed by atoms with Gasteiger partial charge in [0.2, 0.25) is 0 Å². The summed E-state index contributed by atoms with van der Waals surface area (Å²) in [6, 6.07) is 1.38. The van der Waals surface area contributed by atoms with Crippen LogP contribution in [0.5, 0.6) is 0 Å². The maximum Gasteiger partial charge on any atom is 0.323 e. The van der Waals surface area contributed by atoms with Crippen molar-refractivity contribution in [3.63, 3.8) is 0 Å². The summed E-state index contributed by atoms with van der Waals surface area (Å²) in [6.07, 6.45) is -3.70. The quantitative estimate of drug-likeness (QED) is 0.428. The molecule has 86 valence electrons. The van der Waals surface area contributed by atoms with Crippen LogP contribution in [-0.4, -0.2) is 12.3 Å². The lowest BCUT2D eigenvalue weighted by molar-refractivity contribution is -0.127. The minimum absolute atomic E-state index is 0.108. The van der Waals surface area contributed by atoms with Crippen molar-refractivity contribution in [3.05, 3.63) is 19.2 Å². The van der Waals surface area contributed by atoms with E-state index in [4.69, 9.17) is 0 Å². The molecule has 1 aromatic heterocycles. The van der Waals surface area contributed by atoms with Crippen LogP contribution in [0.25, 0.3) is 0 Å². The summed E-state index contributed by atoms with van der Waals surface area (Å²) in [5.41, 5.74) is 0.108. The van der Waals surface area contributed by atoms with E-state index >= 15 is 0 Å². The first-order valence-corrected chi connectivity index (χ1v) is 6.83. The zero-order valence-corrected chi connectivity index (χ0v) is 12.4. The molecule has 1 rings (SSSR count). The lowest BCUT2D eigenvalue weighted by Gasteiger charge is -2.20. The Morgan fingerprint density at radius 3 is 2.13 bits per heavy atom. The molecule has 0 radical (unpaired) electrons. The molecule has 0 saturated carbocycles. The van der Waals surface area contributed by atoms with Crippen LogP contribution in [-0.2, 0) is 0 Å². The van der Waals surface area contributed by atoms with E-state index < -0.39 is 17.2 Å². The Kier molecular flexibility index (Phi) is 4.65. The minimum Gasteiger partial charge on any atom is -0.204 e. The number of rotatable bonds is 3. The van der Waals surface area contributed by atoms with Crippen molar-refractivity contribution in [2.45, 2.75) is 17.2 Å². The summed E-state index contributed by atoms with van der Waals surface area (Å²) in [6.45, 7) is 0. The van der Waals surface area contributed by atoms with Crippen molar-refractivity contribution in [1.29, 1.82) is 0 Å². The molecule has 0 saturated heterocycles. The van der Waals surface area contributed by atoms with Gasteiger partial charge in [-0.1, -0.05) is 15.9 Å². The molecule has 0 nitrogen and oxygen atoms in total. The number of halogens is 7. The maximum absolute atomic E-state index is 13.0. The van der Waals surface area contributed by atoms with E-state index in [-0.39, 0.29) is 5.56 Å². The Balaban J connectivity index is 3.04. The Hall–Kier alpha value is 0.860. The fourth-order valence-corrected chi connectivity index (χ4v) is 4.77. The van der Waals surface area contributed by atoms with E-state index in [9.17, 15) is 17.6 Å². The highest BCUT2D eigenvalue weighted by Gasteiger charge is 2.49. The highest BCUT2D eigenvalue weighted by atomic mass is 79.9. The molecule has 0 N–H and O–H groups in total. The molecule has 1 atom stereocenters. The normalized spacial score (nSPS) is 14.7. The average molecular weight is 435 g/mol. The summed E-state index contributed by atoms with van der Waals surface area (Å²) in [4.78, 5) is -1.71. The predicted octanol–water partition coefficient (Wildman–Crippen LogP) is 5.61. The lowest BCUT2D eigenvalue weighted by Crippen LogP contribution is -2.31. The third-order valence-electron chi connectivity index (χ3n) is 1.58. The largest absolute Gasteiger partial charge is 0.323 e. The predicted molar refractivity (Wildman–Crippen MR) is 62.3 cm³/mol. The van der Waals surface area contributed by atoms with Crippen LogP contribution in [0.3, 0.4) is 0 Å². The van der Waals surface area contributed by atoms with Gasteiger partial charge in [0.1, 0.15) is 4.83 Å². The van der Waals surface area contributed by atoms with Gasteiger partial charge in [0.15, 0.2) is 0 Å². The second kappa shape index (κ2) is 5.01. The van der Waals surface area contributed by atoms with Crippen molar-refractivity contribution in [3.8, 4) is 0 Å². The fraction of sp³-hybridized carbons (Fsp3) is 0.429. The van der Waals surface area contributed by atoms with Gasteiger partial charge in [-0.25, -0.2) is 8.78 Å².